The van der Waals surface area contributed by atoms with Gasteiger partial charge in [-0.2, -0.15) is 0 Å². The Hall–Kier alpha value is -2.25. The van der Waals surface area contributed by atoms with E-state index in [1.54, 1.807) is 30.3 Å². The van der Waals surface area contributed by atoms with Crippen LogP contribution in [0.2, 0.25) is 15.1 Å². The molecule has 0 aromatic heterocycles. The normalized spacial score (nSPS) is 11.2. The van der Waals surface area contributed by atoms with Crippen LogP contribution >= 0.6 is 34.8 Å². The molecule has 0 saturated carbocycles. The number of carbonyl (C=O) groups is 1. The minimum atomic E-state index is -3.76. The van der Waals surface area contributed by atoms with Gasteiger partial charge in [-0.3, -0.25) is 9.10 Å². The standard InChI is InChI=1S/C20H15Cl3N2O3S/c1-25(29(27,28)19-8-4-14(21)5-9-19)18-6-2-13(3-7-18)20(26)24-17-11-15(22)10-16(23)12-17/h2-12H,1H3,(H,24,26). The van der Waals surface area contributed by atoms with Gasteiger partial charge in [0.25, 0.3) is 15.9 Å². The van der Waals surface area contributed by atoms with Gasteiger partial charge in [0.1, 0.15) is 0 Å². The van der Waals surface area contributed by atoms with Crippen molar-refractivity contribution in [3.8, 4) is 0 Å². The van der Waals surface area contributed by atoms with Gasteiger partial charge in [0.15, 0.2) is 0 Å². The highest BCUT2D eigenvalue weighted by molar-refractivity contribution is 7.92. The zero-order chi connectivity index (χ0) is 21.2. The van der Waals surface area contributed by atoms with Gasteiger partial charge in [0.05, 0.1) is 10.6 Å². The van der Waals surface area contributed by atoms with Crippen LogP contribution < -0.4 is 9.62 Å². The number of halogens is 3. The maximum absolute atomic E-state index is 12.7. The summed E-state index contributed by atoms with van der Waals surface area (Å²) in [5.41, 5.74) is 1.21. The number of anilines is 2. The number of rotatable bonds is 5. The number of nitrogens with one attached hydrogen (secondary N) is 1. The number of hydrogen-bond acceptors (Lipinski definition) is 3. The molecule has 0 fully saturated rings. The van der Waals surface area contributed by atoms with Gasteiger partial charge in [0.2, 0.25) is 0 Å². The first-order valence-corrected chi connectivity index (χ1v) is 10.9. The van der Waals surface area contributed by atoms with Crippen LogP contribution in [0.1, 0.15) is 10.4 Å². The van der Waals surface area contributed by atoms with Crippen molar-refractivity contribution in [2.24, 2.45) is 0 Å². The second kappa shape index (κ2) is 8.63. The Morgan fingerprint density at radius 1 is 0.828 bits per heavy atom. The van der Waals surface area contributed by atoms with E-state index in [2.05, 4.69) is 5.32 Å². The van der Waals surface area contributed by atoms with Crippen LogP contribution in [0.15, 0.2) is 71.6 Å². The van der Waals surface area contributed by atoms with Crippen LogP contribution in [0.5, 0.6) is 0 Å². The predicted octanol–water partition coefficient (Wildman–Crippen LogP) is 5.72. The third kappa shape index (κ3) is 5.03. The van der Waals surface area contributed by atoms with Crippen molar-refractivity contribution in [3.63, 3.8) is 0 Å². The van der Waals surface area contributed by atoms with Gasteiger partial charge in [-0.25, -0.2) is 8.42 Å². The van der Waals surface area contributed by atoms with Crippen molar-refractivity contribution in [1.82, 2.24) is 0 Å². The lowest BCUT2D eigenvalue weighted by Crippen LogP contribution is -2.26. The molecule has 29 heavy (non-hydrogen) atoms. The molecule has 3 aromatic rings. The first kappa shape index (κ1) is 21.5. The lowest BCUT2D eigenvalue weighted by Gasteiger charge is -2.20. The fourth-order valence-electron chi connectivity index (χ4n) is 2.56. The number of sulfonamides is 1. The van der Waals surface area contributed by atoms with Crippen molar-refractivity contribution in [3.05, 3.63) is 87.4 Å². The van der Waals surface area contributed by atoms with E-state index >= 15 is 0 Å². The topological polar surface area (TPSA) is 66.5 Å². The van der Waals surface area contributed by atoms with E-state index in [9.17, 15) is 13.2 Å². The zero-order valence-electron chi connectivity index (χ0n) is 15.1. The van der Waals surface area contributed by atoms with Crippen LogP contribution in [0.4, 0.5) is 11.4 Å². The molecule has 9 heteroatoms. The van der Waals surface area contributed by atoms with Gasteiger partial charge in [0, 0.05) is 33.4 Å². The van der Waals surface area contributed by atoms with E-state index in [1.807, 2.05) is 0 Å². The summed E-state index contributed by atoms with van der Waals surface area (Å²) in [6.07, 6.45) is 0. The van der Waals surface area contributed by atoms with Crippen molar-refractivity contribution >= 4 is 62.1 Å². The Bertz CT molecular complexity index is 1130. The third-order valence-electron chi connectivity index (χ3n) is 4.09. The molecule has 1 amide bonds. The fraction of sp³-hybridized carbons (Fsp3) is 0.0500. The molecule has 0 aliphatic heterocycles. The smallest absolute Gasteiger partial charge is 0.264 e. The molecule has 3 aromatic carbocycles. The first-order chi connectivity index (χ1) is 13.7. The molecule has 0 radical (unpaired) electrons. The molecule has 0 spiro atoms. The monoisotopic (exact) mass is 468 g/mol. The average Bonchev–Trinajstić information content (AvgIpc) is 2.67. The van der Waals surface area contributed by atoms with Gasteiger partial charge in [-0.1, -0.05) is 34.8 Å². The molecular formula is C20H15Cl3N2O3S. The highest BCUT2D eigenvalue weighted by Gasteiger charge is 2.21. The van der Waals surface area contributed by atoms with Gasteiger partial charge in [-0.05, 0) is 66.7 Å². The first-order valence-electron chi connectivity index (χ1n) is 8.29. The van der Waals surface area contributed by atoms with Crippen LogP contribution in [-0.2, 0) is 10.0 Å². The lowest BCUT2D eigenvalue weighted by atomic mass is 10.2. The summed E-state index contributed by atoms with van der Waals surface area (Å²) in [7, 11) is -2.32. The molecule has 0 heterocycles. The van der Waals surface area contributed by atoms with Crippen LogP contribution in [-0.4, -0.2) is 21.4 Å². The number of nitrogens with zero attached hydrogens (tertiary/aromatic N) is 1. The van der Waals surface area contributed by atoms with Crippen molar-refractivity contribution < 1.29 is 13.2 Å². The highest BCUT2D eigenvalue weighted by atomic mass is 35.5. The molecule has 1 N–H and O–H groups in total. The Morgan fingerprint density at radius 3 is 1.93 bits per heavy atom. The average molecular weight is 470 g/mol. The second-order valence-electron chi connectivity index (χ2n) is 6.09. The van der Waals surface area contributed by atoms with E-state index in [4.69, 9.17) is 34.8 Å². The van der Waals surface area contributed by atoms with Crippen molar-refractivity contribution in [1.29, 1.82) is 0 Å². The number of benzene rings is 3. The number of hydrogen-bond donors (Lipinski definition) is 1. The zero-order valence-corrected chi connectivity index (χ0v) is 18.1. The molecule has 0 atom stereocenters. The van der Waals surface area contributed by atoms with Crippen molar-refractivity contribution in [2.75, 3.05) is 16.7 Å². The molecule has 0 aliphatic rings. The minimum absolute atomic E-state index is 0.115. The van der Waals surface area contributed by atoms with E-state index in [-0.39, 0.29) is 10.8 Å². The predicted molar refractivity (Wildman–Crippen MR) is 118 cm³/mol. The fourth-order valence-corrected chi connectivity index (χ4v) is 4.40. The number of carbonyl (C=O) groups excluding carboxylic acids is 1. The summed E-state index contributed by atoms with van der Waals surface area (Å²) < 4.78 is 26.6. The third-order valence-corrected chi connectivity index (χ3v) is 6.57. The molecule has 0 bridgehead atoms. The Balaban J connectivity index is 1.78. The maximum Gasteiger partial charge on any atom is 0.264 e. The van der Waals surface area contributed by atoms with Gasteiger partial charge in [-0.15, -0.1) is 0 Å². The summed E-state index contributed by atoms with van der Waals surface area (Å²) in [4.78, 5) is 12.5. The van der Waals surface area contributed by atoms with Crippen LogP contribution in [0.25, 0.3) is 0 Å². The molecular weight excluding hydrogens is 455 g/mol. The summed E-state index contributed by atoms with van der Waals surface area (Å²) in [6.45, 7) is 0. The Labute approximate surface area is 183 Å². The summed E-state index contributed by atoms with van der Waals surface area (Å²) >= 11 is 17.7. The molecule has 0 unspecified atom stereocenters. The van der Waals surface area contributed by atoms with E-state index in [0.29, 0.717) is 32.0 Å². The maximum atomic E-state index is 12.7. The Kier molecular flexibility index (Phi) is 6.39. The summed E-state index contributed by atoms with van der Waals surface area (Å²) in [5, 5.41) is 3.95. The molecule has 0 aliphatic carbocycles. The van der Waals surface area contributed by atoms with Crippen molar-refractivity contribution in [2.45, 2.75) is 4.90 Å². The van der Waals surface area contributed by atoms with Crippen LogP contribution in [0.3, 0.4) is 0 Å². The summed E-state index contributed by atoms with van der Waals surface area (Å²) in [6, 6.07) is 16.8. The molecule has 5 nitrogen and oxygen atoms in total. The quantitative estimate of drug-likeness (QED) is 0.519. The SMILES string of the molecule is CN(c1ccc(C(=O)Nc2cc(Cl)cc(Cl)c2)cc1)S(=O)(=O)c1ccc(Cl)cc1. The Morgan fingerprint density at radius 2 is 1.38 bits per heavy atom. The highest BCUT2D eigenvalue weighted by Crippen LogP contribution is 2.25. The van der Waals surface area contributed by atoms with E-state index in [1.165, 1.54) is 43.4 Å². The van der Waals surface area contributed by atoms with E-state index in [0.717, 1.165) is 4.31 Å². The number of amides is 1. The lowest BCUT2D eigenvalue weighted by molar-refractivity contribution is 0.102. The van der Waals surface area contributed by atoms with Gasteiger partial charge >= 0.3 is 0 Å². The molecule has 3 rings (SSSR count). The minimum Gasteiger partial charge on any atom is -0.322 e. The van der Waals surface area contributed by atoms with E-state index < -0.39 is 10.0 Å². The second-order valence-corrected chi connectivity index (χ2v) is 9.36. The van der Waals surface area contributed by atoms with Gasteiger partial charge < -0.3 is 5.32 Å². The summed E-state index contributed by atoms with van der Waals surface area (Å²) in [5.74, 6) is -0.377. The van der Waals surface area contributed by atoms with Crippen LogP contribution in [0, 0.1) is 0 Å². The molecule has 0 saturated heterocycles. The molecule has 150 valence electrons. The largest absolute Gasteiger partial charge is 0.322 e.